The van der Waals surface area contributed by atoms with Crippen molar-refractivity contribution in [1.82, 2.24) is 44.5 Å². The van der Waals surface area contributed by atoms with Crippen LogP contribution in [0, 0.1) is 23.0 Å². The van der Waals surface area contributed by atoms with Gasteiger partial charge in [-0.15, -0.1) is 11.3 Å². The molecule has 84 heavy (non-hydrogen) atoms. The minimum absolute atomic E-state index is 0.0167. The number of likely N-dealkylation sites (tertiary alicyclic amines) is 1. The highest BCUT2D eigenvalue weighted by atomic mass is 35.5. The molecule has 0 bridgehead atoms. The monoisotopic (exact) mass is 1200 g/mol. The number of anilines is 3. The summed E-state index contributed by atoms with van der Waals surface area (Å²) in [5, 5.41) is 15.8. The van der Waals surface area contributed by atoms with Gasteiger partial charge in [-0.1, -0.05) is 35.9 Å². The van der Waals surface area contributed by atoms with E-state index in [1.54, 1.807) is 35.5 Å². The quantitative estimate of drug-likeness (QED) is 0.0408. The number of aldehydes is 1. The number of hydrogen-bond donors (Lipinski definition) is 4. The van der Waals surface area contributed by atoms with Crippen LogP contribution in [0.1, 0.15) is 86.6 Å². The van der Waals surface area contributed by atoms with Gasteiger partial charge in [-0.05, 0) is 100 Å². The summed E-state index contributed by atoms with van der Waals surface area (Å²) in [5.41, 5.74) is 15.3. The molecule has 4 aliphatic heterocycles. The number of piperidine rings is 1. The molecule has 4 aliphatic rings. The Kier molecular flexibility index (Phi) is 19.6. The summed E-state index contributed by atoms with van der Waals surface area (Å²) in [4.78, 5) is 69.4. The molecule has 4 aromatic heterocycles. The van der Waals surface area contributed by atoms with Gasteiger partial charge in [-0.25, -0.2) is 27.3 Å². The number of para-hydroxylation sites is 1. The molecule has 3 aromatic carbocycles. The van der Waals surface area contributed by atoms with Crippen LogP contribution in [-0.4, -0.2) is 144 Å². The lowest BCUT2D eigenvalue weighted by molar-refractivity contribution is -0.123. The molecule has 4 unspecified atom stereocenters. The highest BCUT2D eigenvalue weighted by Gasteiger charge is 2.37. The van der Waals surface area contributed by atoms with Gasteiger partial charge in [0.05, 0.1) is 76.7 Å². The van der Waals surface area contributed by atoms with E-state index in [0.717, 1.165) is 78.7 Å². The van der Waals surface area contributed by atoms with Crippen LogP contribution in [0.15, 0.2) is 53.5 Å². The molecule has 0 saturated carbocycles. The Morgan fingerprint density at radius 3 is 2.52 bits per heavy atom. The molecule has 8 heterocycles. The largest absolute Gasteiger partial charge is 0.489 e. The smallest absolute Gasteiger partial charge is 0.329 e. The number of hydrogen-bond acceptors (Lipinski definition) is 17. The van der Waals surface area contributed by atoms with Gasteiger partial charge in [0.15, 0.2) is 11.6 Å². The summed E-state index contributed by atoms with van der Waals surface area (Å²) in [6.45, 7) is 5.87. The van der Waals surface area contributed by atoms with Crippen molar-refractivity contribution < 1.29 is 46.2 Å². The normalized spacial score (nSPS) is 17.7. The zero-order chi connectivity index (χ0) is 59.9. The van der Waals surface area contributed by atoms with Gasteiger partial charge in [0.1, 0.15) is 46.9 Å². The zero-order valence-electron chi connectivity index (χ0n) is 46.9. The van der Waals surface area contributed by atoms with Crippen LogP contribution in [-0.2, 0) is 26.2 Å². The molecule has 4 atom stereocenters. The second kappa shape index (κ2) is 27.0. The van der Waals surface area contributed by atoms with Gasteiger partial charge in [-0.2, -0.15) is 15.2 Å². The molecule has 3 fully saturated rings. The lowest BCUT2D eigenvalue weighted by Crippen LogP contribution is -2.42. The van der Waals surface area contributed by atoms with E-state index in [1.165, 1.54) is 38.6 Å². The molecule has 0 spiro atoms. The Balaban J connectivity index is 0.000000193. The number of rotatable bonds is 16. The Hall–Kier alpha value is -7.63. The Labute approximate surface area is 490 Å². The minimum Gasteiger partial charge on any atom is -0.489 e. The number of nitriles is 1. The van der Waals surface area contributed by atoms with Crippen molar-refractivity contribution in [1.29, 1.82) is 5.26 Å². The number of amides is 2. The number of aryl methyl sites for hydroxylation is 1. The molecule has 0 aliphatic carbocycles. The number of benzene rings is 3. The number of aromatic nitrogens is 5. The molecule has 20 nitrogen and oxygen atoms in total. The lowest BCUT2D eigenvalue weighted by atomic mass is 9.88. The van der Waals surface area contributed by atoms with E-state index >= 15 is 4.39 Å². The van der Waals surface area contributed by atoms with Crippen LogP contribution in [0.3, 0.4) is 0 Å². The molecule has 11 rings (SSSR count). The number of nitrogens with two attached hydrogens (primary N) is 2. The van der Waals surface area contributed by atoms with Crippen LogP contribution in [0.2, 0.25) is 5.02 Å². The number of nitrogen functional groups attached to an aromatic ring is 2. The maximum atomic E-state index is 16.6. The standard InChI is InChI=1S/C30H44N6O5.C27H20ClF2N7O2S.CH2F2/c1-31-27(38)9-8-23(20-37)36-29-25(6-3-7-26(29)33(2)30(36)40)21-10-14-34(15-11-21)19-28(39)32-12-16-41-24-17-22-5-4-13-35(22)18-24;1-11(12-4-3-7-34-24(12)32)37-8-9-39-22-18-21(35-27(38-2)36-26(18)37)20(30)17(19(22)28)13-5-6-15(29)23-16(13)14(10-31)25(33)40-23;2-1-3/h3,6-7,20-24H,4-5,8-19H2,1-2H3,(H,31,38)(H,32,39);3-7,11H,8-9,33H2,1-2H3,(H2,32,34);1H2. The van der Waals surface area contributed by atoms with Crippen LogP contribution in [0.4, 0.5) is 34.2 Å². The fraction of sp³-hybridized carbons (Fsp3) is 0.448. The number of nitrogens with zero attached hydrogens (tertiary/aromatic N) is 9. The van der Waals surface area contributed by atoms with Crippen molar-refractivity contribution in [3.63, 3.8) is 0 Å². The first kappa shape index (κ1) is 60.9. The molecule has 0 radical (unpaired) electrons. The summed E-state index contributed by atoms with van der Waals surface area (Å²) in [7, 11) is 4.65. The number of thiophene rings is 1. The number of carbonyl (C=O) groups excluding carboxylic acids is 3. The average molecular weight is 1200 g/mol. The van der Waals surface area contributed by atoms with Gasteiger partial charge in [0.25, 0.3) is 0 Å². The number of halogens is 5. The number of methoxy groups -OCH3 is 1. The number of fused-ring (bicyclic) bond motifs is 3. The van der Waals surface area contributed by atoms with E-state index < -0.39 is 24.6 Å². The fourth-order valence-corrected chi connectivity index (χ4v) is 13.4. The maximum absolute atomic E-state index is 16.6. The van der Waals surface area contributed by atoms with Crippen molar-refractivity contribution in [2.24, 2.45) is 7.05 Å². The molecule has 7 aromatic rings. The minimum atomic E-state index is -1.75. The van der Waals surface area contributed by atoms with Crippen molar-refractivity contribution in [3.05, 3.63) is 92.5 Å². The van der Waals surface area contributed by atoms with E-state index in [0.29, 0.717) is 50.0 Å². The zero-order valence-corrected chi connectivity index (χ0v) is 48.5. The third-order valence-corrected chi connectivity index (χ3v) is 17.6. The first-order valence-corrected chi connectivity index (χ1v) is 28.9. The van der Waals surface area contributed by atoms with Crippen molar-refractivity contribution in [2.75, 3.05) is 96.5 Å². The topological polar surface area (TPSA) is 254 Å². The van der Waals surface area contributed by atoms with Gasteiger partial charge >= 0.3 is 11.7 Å². The van der Waals surface area contributed by atoms with Crippen LogP contribution < -0.4 is 42.2 Å². The molecular weight excluding hydrogens is 1130 g/mol. The highest BCUT2D eigenvalue weighted by molar-refractivity contribution is 7.23. The Bertz CT molecular complexity index is 3670. The molecule has 6 N–H and O–H groups in total. The molecule has 26 heteroatoms. The number of alkyl halides is 2. The molecule has 2 amide bonds. The average Bonchev–Trinajstić information content (AvgIpc) is 2.07. The van der Waals surface area contributed by atoms with E-state index in [1.807, 2.05) is 42.2 Å². The van der Waals surface area contributed by atoms with Gasteiger partial charge in [0, 0.05) is 62.4 Å². The molecular formula is C58H66ClF4N13O7S. The second-order valence-corrected chi connectivity index (χ2v) is 22.3. The van der Waals surface area contributed by atoms with E-state index in [9.17, 15) is 37.6 Å². The van der Waals surface area contributed by atoms with Crippen molar-refractivity contribution in [3.8, 4) is 29.0 Å². The number of ether oxygens (including phenoxy) is 3. The second-order valence-electron chi connectivity index (χ2n) is 20.9. The molecule has 446 valence electrons. The van der Waals surface area contributed by atoms with Gasteiger partial charge < -0.3 is 46.0 Å². The van der Waals surface area contributed by atoms with Crippen LogP contribution in [0.5, 0.6) is 11.8 Å². The number of imidazole rings is 1. The SMILES string of the molecule is CNC(=O)CCC(C=O)n1c(=O)n(C)c2cccc(C3CCN(CC(=O)NCCOC4CC5CCCN5C4)CC3)c21.COc1nc2c3c(c(Cl)c(-c4ccc(F)c5sc(N)c(C#N)c45)c(F)c3n1)OCCN2C(C)c1cccnc1N.FCF. The third kappa shape index (κ3) is 12.3. The summed E-state index contributed by atoms with van der Waals surface area (Å²) in [6, 6.07) is 13.6. The van der Waals surface area contributed by atoms with Gasteiger partial charge in [-0.3, -0.25) is 28.5 Å². The van der Waals surface area contributed by atoms with Crippen molar-refractivity contribution >= 4 is 89.7 Å². The fourth-order valence-electron chi connectivity index (χ4n) is 12.1. The summed E-state index contributed by atoms with van der Waals surface area (Å²) in [5.74, 6) is -0.516. The van der Waals surface area contributed by atoms with Crippen LogP contribution >= 0.6 is 22.9 Å². The number of carbonyl (C=O) groups is 3. The Morgan fingerprint density at radius 2 is 1.82 bits per heavy atom. The van der Waals surface area contributed by atoms with Crippen molar-refractivity contribution in [2.45, 2.75) is 82.0 Å². The number of nitrogens with one attached hydrogen (secondary N) is 2. The summed E-state index contributed by atoms with van der Waals surface area (Å²) in [6.07, 6.45) is 8.47. The van der Waals surface area contributed by atoms with Gasteiger partial charge in [0.2, 0.25) is 18.7 Å². The number of pyridine rings is 1. The molecule has 3 saturated heterocycles. The van der Waals surface area contributed by atoms with E-state index in [-0.39, 0.29) is 108 Å². The van der Waals surface area contributed by atoms with E-state index in [2.05, 4.69) is 35.4 Å². The lowest BCUT2D eigenvalue weighted by Gasteiger charge is -2.32. The van der Waals surface area contributed by atoms with Crippen LogP contribution in [0.25, 0.3) is 43.1 Å². The maximum Gasteiger partial charge on any atom is 0.329 e. The summed E-state index contributed by atoms with van der Waals surface area (Å²) >= 11 is 7.79. The summed E-state index contributed by atoms with van der Waals surface area (Å²) < 4.78 is 71.4. The third-order valence-electron chi connectivity index (χ3n) is 16.2. The highest BCUT2D eigenvalue weighted by Crippen LogP contribution is 2.51. The first-order valence-electron chi connectivity index (χ1n) is 27.7. The first-order chi connectivity index (χ1) is 40.6. The Morgan fingerprint density at radius 1 is 1.05 bits per heavy atom. The predicted octanol–water partition coefficient (Wildman–Crippen LogP) is 7.88. The van der Waals surface area contributed by atoms with E-state index in [4.69, 9.17) is 37.3 Å². The predicted molar refractivity (Wildman–Crippen MR) is 314 cm³/mol.